The van der Waals surface area contributed by atoms with Crippen molar-refractivity contribution in [3.63, 3.8) is 0 Å². The minimum absolute atomic E-state index is 0.200. The third kappa shape index (κ3) is 2.97. The molecule has 0 aromatic carbocycles. The second kappa shape index (κ2) is 5.05. The molecular formula is C14H21NO2. The Morgan fingerprint density at radius 2 is 2.24 bits per heavy atom. The summed E-state index contributed by atoms with van der Waals surface area (Å²) in [6, 6.07) is 2.72. The highest BCUT2D eigenvalue weighted by molar-refractivity contribution is 5.97. The molecule has 17 heavy (non-hydrogen) atoms. The molecule has 1 aliphatic heterocycles. The molecule has 3 nitrogen and oxygen atoms in total. The number of carbonyl (C=O) groups excluding carboxylic acids is 1. The van der Waals surface area contributed by atoms with Gasteiger partial charge in [-0.05, 0) is 39.7 Å². The normalized spacial score (nSPS) is 24.9. The topological polar surface area (TPSA) is 42.2 Å². The first-order chi connectivity index (χ1) is 8.06. The molecule has 2 atom stereocenters. The van der Waals surface area contributed by atoms with Crippen LogP contribution in [-0.2, 0) is 0 Å². The van der Waals surface area contributed by atoms with Gasteiger partial charge in [-0.2, -0.15) is 0 Å². The Bertz CT molecular complexity index is 408. The lowest BCUT2D eigenvalue weighted by molar-refractivity contribution is 0.0958. The van der Waals surface area contributed by atoms with Gasteiger partial charge in [0.2, 0.25) is 0 Å². The van der Waals surface area contributed by atoms with Crippen LogP contribution >= 0.6 is 0 Å². The number of nitrogens with one attached hydrogen (secondary N) is 1. The highest BCUT2D eigenvalue weighted by Gasteiger charge is 2.22. The van der Waals surface area contributed by atoms with Gasteiger partial charge in [0.05, 0.1) is 5.56 Å². The van der Waals surface area contributed by atoms with Gasteiger partial charge in [-0.15, -0.1) is 0 Å². The summed E-state index contributed by atoms with van der Waals surface area (Å²) in [5.74, 6) is 1.76. The van der Waals surface area contributed by atoms with Crippen LogP contribution in [0, 0.1) is 13.8 Å². The van der Waals surface area contributed by atoms with Gasteiger partial charge < -0.3 is 9.73 Å². The lowest BCUT2D eigenvalue weighted by atomic mass is 9.94. The van der Waals surface area contributed by atoms with Crippen LogP contribution in [0.4, 0.5) is 0 Å². The average molecular weight is 235 g/mol. The van der Waals surface area contributed by atoms with Crippen molar-refractivity contribution in [1.29, 1.82) is 0 Å². The van der Waals surface area contributed by atoms with E-state index in [1.807, 2.05) is 19.9 Å². The van der Waals surface area contributed by atoms with Crippen LogP contribution in [0.1, 0.15) is 54.5 Å². The summed E-state index contributed by atoms with van der Waals surface area (Å²) in [5.41, 5.74) is 0.752. The zero-order chi connectivity index (χ0) is 12.4. The van der Waals surface area contributed by atoms with Gasteiger partial charge in [-0.1, -0.05) is 6.42 Å². The Labute approximate surface area is 103 Å². The molecule has 0 spiro atoms. The van der Waals surface area contributed by atoms with Crippen molar-refractivity contribution in [1.82, 2.24) is 5.32 Å². The van der Waals surface area contributed by atoms with E-state index in [1.54, 1.807) is 0 Å². The zero-order valence-corrected chi connectivity index (χ0v) is 10.9. The maximum Gasteiger partial charge on any atom is 0.167 e. The van der Waals surface area contributed by atoms with E-state index in [4.69, 9.17) is 4.42 Å². The molecule has 2 heterocycles. The minimum Gasteiger partial charge on any atom is -0.466 e. The van der Waals surface area contributed by atoms with Gasteiger partial charge in [-0.25, -0.2) is 0 Å². The van der Waals surface area contributed by atoms with Crippen LogP contribution < -0.4 is 5.32 Å². The number of carbonyl (C=O) groups is 1. The van der Waals surface area contributed by atoms with E-state index in [2.05, 4.69) is 12.2 Å². The largest absolute Gasteiger partial charge is 0.466 e. The average Bonchev–Trinajstić information content (AvgIpc) is 2.58. The van der Waals surface area contributed by atoms with E-state index in [0.717, 1.165) is 23.5 Å². The molecule has 2 rings (SSSR count). The highest BCUT2D eigenvalue weighted by atomic mass is 16.3. The smallest absolute Gasteiger partial charge is 0.167 e. The van der Waals surface area contributed by atoms with Crippen LogP contribution in [0.15, 0.2) is 10.5 Å². The fourth-order valence-electron chi connectivity index (χ4n) is 2.64. The standard InChI is InChI=1S/C14H21NO2/c1-9-5-4-6-12(15-9)8-14(16)13-7-10(2)17-11(13)3/h7,9,12,15H,4-6,8H2,1-3H3. The molecular weight excluding hydrogens is 214 g/mol. The van der Waals surface area contributed by atoms with Gasteiger partial charge >= 0.3 is 0 Å². The Balaban J connectivity index is 1.99. The van der Waals surface area contributed by atoms with Crippen molar-refractivity contribution >= 4 is 5.78 Å². The molecule has 1 aromatic rings. The van der Waals surface area contributed by atoms with Gasteiger partial charge in [0.15, 0.2) is 5.78 Å². The second-order valence-electron chi connectivity index (χ2n) is 5.15. The summed E-state index contributed by atoms with van der Waals surface area (Å²) < 4.78 is 5.40. The molecule has 1 saturated heterocycles. The minimum atomic E-state index is 0.200. The molecule has 2 unspecified atom stereocenters. The number of Topliss-reactive ketones (excluding diaryl/α,β-unsaturated/α-hetero) is 1. The van der Waals surface area contributed by atoms with Gasteiger partial charge in [-0.3, -0.25) is 4.79 Å². The summed E-state index contributed by atoms with van der Waals surface area (Å²) in [4.78, 5) is 12.2. The van der Waals surface area contributed by atoms with Crippen LogP contribution in [0.3, 0.4) is 0 Å². The Morgan fingerprint density at radius 1 is 1.47 bits per heavy atom. The quantitative estimate of drug-likeness (QED) is 0.819. The highest BCUT2D eigenvalue weighted by Crippen LogP contribution is 2.20. The Kier molecular flexibility index (Phi) is 3.67. The predicted molar refractivity (Wildman–Crippen MR) is 67.4 cm³/mol. The van der Waals surface area contributed by atoms with E-state index in [-0.39, 0.29) is 5.78 Å². The van der Waals surface area contributed by atoms with Crippen LogP contribution in [0.2, 0.25) is 0 Å². The van der Waals surface area contributed by atoms with E-state index in [1.165, 1.54) is 12.8 Å². The fourth-order valence-corrected chi connectivity index (χ4v) is 2.64. The third-order valence-corrected chi connectivity index (χ3v) is 3.48. The maximum absolute atomic E-state index is 12.2. The van der Waals surface area contributed by atoms with Crippen molar-refractivity contribution in [2.24, 2.45) is 0 Å². The molecule has 1 N–H and O–H groups in total. The van der Waals surface area contributed by atoms with Crippen LogP contribution in [0.25, 0.3) is 0 Å². The van der Waals surface area contributed by atoms with Crippen LogP contribution in [-0.4, -0.2) is 17.9 Å². The molecule has 94 valence electrons. The number of rotatable bonds is 3. The molecule has 0 aliphatic carbocycles. The fraction of sp³-hybridized carbons (Fsp3) is 0.643. The first-order valence-corrected chi connectivity index (χ1v) is 6.42. The second-order valence-corrected chi connectivity index (χ2v) is 5.15. The number of piperidine rings is 1. The molecule has 0 bridgehead atoms. The summed E-state index contributed by atoms with van der Waals surface area (Å²) in [5, 5.41) is 3.49. The molecule has 1 aromatic heterocycles. The lowest BCUT2D eigenvalue weighted by Crippen LogP contribution is -2.41. The molecule has 1 aliphatic rings. The number of aryl methyl sites for hydroxylation is 2. The number of ketones is 1. The van der Waals surface area contributed by atoms with Crippen molar-refractivity contribution < 1.29 is 9.21 Å². The van der Waals surface area contributed by atoms with E-state index < -0.39 is 0 Å². The molecule has 1 fully saturated rings. The zero-order valence-electron chi connectivity index (χ0n) is 10.9. The summed E-state index contributed by atoms with van der Waals surface area (Å²) in [6.07, 6.45) is 4.13. The third-order valence-electron chi connectivity index (χ3n) is 3.48. The Morgan fingerprint density at radius 3 is 2.82 bits per heavy atom. The number of hydrogen-bond donors (Lipinski definition) is 1. The summed E-state index contributed by atoms with van der Waals surface area (Å²) >= 11 is 0. The summed E-state index contributed by atoms with van der Waals surface area (Å²) in [7, 11) is 0. The van der Waals surface area contributed by atoms with Crippen molar-refractivity contribution in [2.75, 3.05) is 0 Å². The monoisotopic (exact) mass is 235 g/mol. The lowest BCUT2D eigenvalue weighted by Gasteiger charge is -2.28. The Hall–Kier alpha value is -1.09. The molecule has 3 heteroatoms. The van der Waals surface area contributed by atoms with Crippen molar-refractivity contribution in [3.05, 3.63) is 23.2 Å². The molecule has 0 amide bonds. The number of furan rings is 1. The maximum atomic E-state index is 12.2. The molecule has 0 radical (unpaired) electrons. The van der Waals surface area contributed by atoms with Gasteiger partial charge in [0.1, 0.15) is 11.5 Å². The SMILES string of the molecule is Cc1cc(C(=O)CC2CCCC(C)N2)c(C)o1. The molecule has 0 saturated carbocycles. The number of hydrogen-bond acceptors (Lipinski definition) is 3. The first-order valence-electron chi connectivity index (χ1n) is 6.42. The van der Waals surface area contributed by atoms with E-state index in [0.29, 0.717) is 18.5 Å². The van der Waals surface area contributed by atoms with Crippen molar-refractivity contribution in [3.8, 4) is 0 Å². The van der Waals surface area contributed by atoms with E-state index >= 15 is 0 Å². The van der Waals surface area contributed by atoms with Gasteiger partial charge in [0.25, 0.3) is 0 Å². The predicted octanol–water partition coefficient (Wildman–Crippen LogP) is 3.00. The van der Waals surface area contributed by atoms with E-state index in [9.17, 15) is 4.79 Å². The summed E-state index contributed by atoms with van der Waals surface area (Å²) in [6.45, 7) is 5.92. The van der Waals surface area contributed by atoms with Crippen LogP contribution in [0.5, 0.6) is 0 Å². The first kappa shape index (κ1) is 12.4. The van der Waals surface area contributed by atoms with Gasteiger partial charge in [0, 0.05) is 18.5 Å². The van der Waals surface area contributed by atoms with Crippen molar-refractivity contribution in [2.45, 2.75) is 58.5 Å².